The molecule has 10 heteroatoms. The fourth-order valence-electron chi connectivity index (χ4n) is 5.75. The highest BCUT2D eigenvalue weighted by molar-refractivity contribution is 5.95. The Morgan fingerprint density at radius 1 is 0.933 bits per heavy atom. The van der Waals surface area contributed by atoms with Gasteiger partial charge in [0.25, 0.3) is 5.91 Å². The monoisotopic (exact) mass is 617 g/mol. The van der Waals surface area contributed by atoms with Gasteiger partial charge in [-0.3, -0.25) is 9.78 Å². The van der Waals surface area contributed by atoms with E-state index in [2.05, 4.69) is 15.2 Å². The van der Waals surface area contributed by atoms with Crippen molar-refractivity contribution in [2.75, 3.05) is 24.5 Å². The highest BCUT2D eigenvalue weighted by Gasteiger charge is 2.30. The zero-order chi connectivity index (χ0) is 32.4. The first-order valence-electron chi connectivity index (χ1n) is 16.1. The van der Waals surface area contributed by atoms with E-state index >= 15 is 0 Å². The smallest absolute Gasteiger partial charge is 0.419 e. The topological polar surface area (TPSA) is 106 Å². The summed E-state index contributed by atoms with van der Waals surface area (Å²) in [4.78, 5) is 48.3. The number of ether oxygens (including phenoxy) is 2. The maximum absolute atomic E-state index is 13.7. The van der Waals surface area contributed by atoms with E-state index in [0.29, 0.717) is 29.2 Å². The lowest BCUT2D eigenvalue weighted by Crippen LogP contribution is -2.41. The first kappa shape index (κ1) is 32.3. The Kier molecular flexibility index (Phi) is 9.41. The SMILES string of the molecule is CC(C)(C)OC(=O)N(Cc1cc2ccc(CNC(=O)c3cncc(N4CCCC4)c3)cc2n1C(=O)OC(C)(C)C)CC1CCC1. The summed E-state index contributed by atoms with van der Waals surface area (Å²) in [7, 11) is 0. The summed E-state index contributed by atoms with van der Waals surface area (Å²) < 4.78 is 13.1. The number of fused-ring (bicyclic) bond motifs is 1. The number of pyridine rings is 1. The fraction of sp³-hybridized carbons (Fsp3) is 0.543. The zero-order valence-corrected chi connectivity index (χ0v) is 27.5. The first-order valence-corrected chi connectivity index (χ1v) is 16.1. The Labute approximate surface area is 266 Å². The highest BCUT2D eigenvalue weighted by Crippen LogP contribution is 2.30. The molecular weight excluding hydrogens is 570 g/mol. The summed E-state index contributed by atoms with van der Waals surface area (Å²) in [6.45, 7) is 14.0. The van der Waals surface area contributed by atoms with Gasteiger partial charge in [0.15, 0.2) is 0 Å². The lowest BCUT2D eigenvalue weighted by Gasteiger charge is -2.33. The van der Waals surface area contributed by atoms with Crippen molar-refractivity contribution in [3.8, 4) is 0 Å². The van der Waals surface area contributed by atoms with Gasteiger partial charge in [-0.2, -0.15) is 0 Å². The van der Waals surface area contributed by atoms with Crippen molar-refractivity contribution in [2.45, 2.75) is 97.9 Å². The van der Waals surface area contributed by atoms with E-state index in [4.69, 9.17) is 9.47 Å². The third-order valence-electron chi connectivity index (χ3n) is 8.14. The normalized spacial score (nSPS) is 15.6. The van der Waals surface area contributed by atoms with Crippen molar-refractivity contribution in [3.63, 3.8) is 0 Å². The van der Waals surface area contributed by atoms with Gasteiger partial charge in [-0.15, -0.1) is 0 Å². The standard InChI is InChI=1S/C35H47N5O5/c1-34(2,3)44-32(42)39(22-24-10-9-11-24)23-29-17-26-13-12-25(16-30(26)40(29)33(43)45-35(4,5)6)19-37-31(41)27-18-28(21-36-20-27)38-14-7-8-15-38/h12-13,16-18,20-21,24H,7-11,14-15,19,22-23H2,1-6H3,(H,37,41). The summed E-state index contributed by atoms with van der Waals surface area (Å²) >= 11 is 0. The lowest BCUT2D eigenvalue weighted by molar-refractivity contribution is 0.0163. The van der Waals surface area contributed by atoms with Crippen LogP contribution in [0, 0.1) is 5.92 Å². The second-order valence-corrected chi connectivity index (χ2v) is 14.3. The van der Waals surface area contributed by atoms with Gasteiger partial charge in [-0.1, -0.05) is 18.6 Å². The Balaban J connectivity index is 1.40. The van der Waals surface area contributed by atoms with Gasteiger partial charge in [-0.25, -0.2) is 14.2 Å². The summed E-state index contributed by atoms with van der Waals surface area (Å²) in [5.41, 5.74) is 2.22. The number of carbonyl (C=O) groups excluding carboxylic acids is 3. The summed E-state index contributed by atoms with van der Waals surface area (Å²) in [5, 5.41) is 3.84. The molecule has 10 nitrogen and oxygen atoms in total. The number of aromatic nitrogens is 2. The average molecular weight is 618 g/mol. The van der Waals surface area contributed by atoms with Crippen LogP contribution in [0.1, 0.15) is 95.3 Å². The predicted octanol–water partition coefficient (Wildman–Crippen LogP) is 6.89. The van der Waals surface area contributed by atoms with E-state index in [-0.39, 0.29) is 19.0 Å². The molecular formula is C35H47N5O5. The average Bonchev–Trinajstić information content (AvgIpc) is 3.59. The molecule has 5 rings (SSSR count). The van der Waals surface area contributed by atoms with Gasteiger partial charge in [0, 0.05) is 43.5 Å². The first-order chi connectivity index (χ1) is 21.3. The molecule has 0 atom stereocenters. The van der Waals surface area contributed by atoms with Crippen LogP contribution in [0.2, 0.25) is 0 Å². The van der Waals surface area contributed by atoms with Crippen molar-refractivity contribution in [1.29, 1.82) is 0 Å². The van der Waals surface area contributed by atoms with E-state index in [0.717, 1.165) is 61.8 Å². The molecule has 0 unspecified atom stereocenters. The molecule has 2 fully saturated rings. The van der Waals surface area contributed by atoms with E-state index < -0.39 is 23.4 Å². The quantitative estimate of drug-likeness (QED) is 0.294. The van der Waals surface area contributed by atoms with Gasteiger partial charge in [0.2, 0.25) is 0 Å². The van der Waals surface area contributed by atoms with Crippen LogP contribution < -0.4 is 10.2 Å². The summed E-state index contributed by atoms with van der Waals surface area (Å²) in [5.74, 6) is 0.203. The maximum Gasteiger partial charge on any atom is 0.419 e. The number of nitrogens with zero attached hydrogens (tertiary/aromatic N) is 4. The minimum atomic E-state index is -0.717. The van der Waals surface area contributed by atoms with Crippen molar-refractivity contribution in [2.24, 2.45) is 5.92 Å². The molecule has 1 aliphatic carbocycles. The molecule has 45 heavy (non-hydrogen) atoms. The van der Waals surface area contributed by atoms with Gasteiger partial charge in [0.1, 0.15) is 11.2 Å². The second kappa shape index (κ2) is 13.1. The van der Waals surface area contributed by atoms with Gasteiger partial charge in [-0.05, 0) is 96.9 Å². The number of hydrogen-bond donors (Lipinski definition) is 1. The molecule has 0 spiro atoms. The summed E-state index contributed by atoms with van der Waals surface area (Å²) in [6.07, 6.45) is 8.05. The Hall–Kier alpha value is -4.08. The molecule has 1 aromatic carbocycles. The molecule has 3 aromatic rings. The Morgan fingerprint density at radius 2 is 1.64 bits per heavy atom. The Morgan fingerprint density at radius 3 is 2.29 bits per heavy atom. The minimum absolute atomic E-state index is 0.200. The van der Waals surface area contributed by atoms with E-state index in [1.807, 2.05) is 71.9 Å². The lowest BCUT2D eigenvalue weighted by atomic mass is 9.85. The molecule has 2 amide bonds. The number of anilines is 1. The number of benzene rings is 1. The van der Waals surface area contributed by atoms with Crippen molar-refractivity contribution >= 4 is 34.7 Å². The van der Waals surface area contributed by atoms with E-state index in [9.17, 15) is 14.4 Å². The van der Waals surface area contributed by atoms with Crippen LogP contribution in [0.4, 0.5) is 15.3 Å². The summed E-state index contributed by atoms with van der Waals surface area (Å²) in [6, 6.07) is 9.57. The number of amides is 2. The van der Waals surface area contributed by atoms with Crippen LogP contribution in [-0.2, 0) is 22.6 Å². The Bertz CT molecular complexity index is 1540. The molecule has 1 aliphatic heterocycles. The highest BCUT2D eigenvalue weighted by atomic mass is 16.6. The maximum atomic E-state index is 13.7. The van der Waals surface area contributed by atoms with Crippen LogP contribution in [-0.4, -0.2) is 63.4 Å². The van der Waals surface area contributed by atoms with Crippen LogP contribution in [0.5, 0.6) is 0 Å². The zero-order valence-electron chi connectivity index (χ0n) is 27.5. The molecule has 0 radical (unpaired) electrons. The number of carbonyl (C=O) groups is 3. The van der Waals surface area contributed by atoms with Crippen LogP contribution in [0.25, 0.3) is 10.9 Å². The van der Waals surface area contributed by atoms with Gasteiger partial charge < -0.3 is 24.6 Å². The van der Waals surface area contributed by atoms with Gasteiger partial charge in [0.05, 0.1) is 29.5 Å². The second-order valence-electron chi connectivity index (χ2n) is 14.3. The number of nitrogens with one attached hydrogen (secondary N) is 1. The molecule has 2 aliphatic rings. The largest absolute Gasteiger partial charge is 0.444 e. The van der Waals surface area contributed by atoms with Crippen LogP contribution >= 0.6 is 0 Å². The van der Waals surface area contributed by atoms with Crippen molar-refractivity contribution in [1.82, 2.24) is 19.8 Å². The molecule has 1 N–H and O–H groups in total. The van der Waals surface area contributed by atoms with Crippen molar-refractivity contribution in [3.05, 3.63) is 59.5 Å². The molecule has 3 heterocycles. The molecule has 1 saturated heterocycles. The van der Waals surface area contributed by atoms with Gasteiger partial charge >= 0.3 is 12.2 Å². The molecule has 2 aromatic heterocycles. The predicted molar refractivity (Wildman–Crippen MR) is 174 cm³/mol. The van der Waals surface area contributed by atoms with E-state index in [1.54, 1.807) is 21.9 Å². The van der Waals surface area contributed by atoms with Crippen LogP contribution in [0.3, 0.4) is 0 Å². The van der Waals surface area contributed by atoms with Crippen molar-refractivity contribution < 1.29 is 23.9 Å². The molecule has 242 valence electrons. The minimum Gasteiger partial charge on any atom is -0.444 e. The number of rotatable bonds is 8. The fourth-order valence-corrected chi connectivity index (χ4v) is 5.75. The number of hydrogen-bond acceptors (Lipinski definition) is 7. The third kappa shape index (κ3) is 8.35. The van der Waals surface area contributed by atoms with E-state index in [1.165, 1.54) is 0 Å². The molecule has 1 saturated carbocycles. The van der Waals surface area contributed by atoms with Crippen LogP contribution in [0.15, 0.2) is 42.7 Å². The molecule has 0 bridgehead atoms. The third-order valence-corrected chi connectivity index (χ3v) is 8.14.